The smallest absolute Gasteiger partial charge is 0.341 e. The fraction of sp³-hybridized carbons (Fsp3) is 0.278. The van der Waals surface area contributed by atoms with Crippen LogP contribution in [0.4, 0.5) is 0 Å². The third-order valence-corrected chi connectivity index (χ3v) is 3.33. The molecule has 2 aromatic rings. The molecule has 22 heavy (non-hydrogen) atoms. The van der Waals surface area contributed by atoms with E-state index in [1.807, 2.05) is 25.2 Å². The van der Waals surface area contributed by atoms with Crippen LogP contribution in [0.1, 0.15) is 27.4 Å². The van der Waals surface area contributed by atoms with Gasteiger partial charge in [-0.05, 0) is 25.6 Å². The second kappa shape index (κ2) is 7.61. The lowest BCUT2D eigenvalue weighted by atomic mass is 10.2. The van der Waals surface area contributed by atoms with Crippen molar-refractivity contribution >= 4 is 12.0 Å². The number of carbonyl (C=O) groups is 1. The molecule has 116 valence electrons. The van der Waals surface area contributed by atoms with Crippen molar-refractivity contribution in [3.05, 3.63) is 65.1 Å². The highest BCUT2D eigenvalue weighted by Gasteiger charge is 2.15. The molecular formula is C18H21NO3. The molecule has 0 aliphatic carbocycles. The molecule has 0 radical (unpaired) electrons. The highest BCUT2D eigenvalue weighted by atomic mass is 16.5. The zero-order chi connectivity index (χ0) is 15.9. The molecule has 0 saturated carbocycles. The van der Waals surface area contributed by atoms with Crippen LogP contribution in [0.5, 0.6) is 0 Å². The van der Waals surface area contributed by atoms with Crippen molar-refractivity contribution in [3.8, 4) is 0 Å². The Hall–Kier alpha value is -2.33. The summed E-state index contributed by atoms with van der Waals surface area (Å²) in [6.07, 6.45) is 4.19. The van der Waals surface area contributed by atoms with Gasteiger partial charge in [0.2, 0.25) is 0 Å². The first-order valence-electron chi connectivity index (χ1n) is 7.18. The Morgan fingerprint density at radius 3 is 2.73 bits per heavy atom. The second-order valence-corrected chi connectivity index (χ2v) is 5.18. The minimum absolute atomic E-state index is 0.362. The summed E-state index contributed by atoms with van der Waals surface area (Å²) in [5.41, 5.74) is 1.67. The molecule has 1 heterocycles. The van der Waals surface area contributed by atoms with Crippen LogP contribution in [-0.2, 0) is 11.3 Å². The van der Waals surface area contributed by atoms with Crippen molar-refractivity contribution in [2.24, 2.45) is 0 Å². The van der Waals surface area contributed by atoms with Crippen LogP contribution in [0.15, 0.2) is 46.9 Å². The number of hydrogen-bond donors (Lipinski definition) is 0. The van der Waals surface area contributed by atoms with Gasteiger partial charge < -0.3 is 9.15 Å². The largest absolute Gasteiger partial charge is 0.465 e. The predicted molar refractivity (Wildman–Crippen MR) is 86.6 cm³/mol. The summed E-state index contributed by atoms with van der Waals surface area (Å²) < 4.78 is 10.3. The van der Waals surface area contributed by atoms with E-state index in [1.165, 1.54) is 12.7 Å². The number of nitrogens with zero attached hydrogens (tertiary/aromatic N) is 1. The number of ether oxygens (including phenoxy) is 1. The molecule has 0 aliphatic heterocycles. The Morgan fingerprint density at radius 1 is 1.32 bits per heavy atom. The summed E-state index contributed by atoms with van der Waals surface area (Å²) in [4.78, 5) is 13.7. The van der Waals surface area contributed by atoms with Crippen LogP contribution in [0, 0.1) is 6.92 Å². The van der Waals surface area contributed by atoms with Gasteiger partial charge in [0.05, 0.1) is 13.7 Å². The van der Waals surface area contributed by atoms with Crippen molar-refractivity contribution in [3.63, 3.8) is 0 Å². The summed E-state index contributed by atoms with van der Waals surface area (Å²) in [6, 6.07) is 11.9. The summed E-state index contributed by atoms with van der Waals surface area (Å²) in [6.45, 7) is 3.20. The zero-order valence-corrected chi connectivity index (χ0v) is 13.2. The van der Waals surface area contributed by atoms with E-state index in [0.29, 0.717) is 17.9 Å². The molecule has 1 aromatic carbocycles. The maximum Gasteiger partial charge on any atom is 0.341 e. The van der Waals surface area contributed by atoms with Gasteiger partial charge in [0.1, 0.15) is 17.1 Å². The van der Waals surface area contributed by atoms with Gasteiger partial charge in [-0.15, -0.1) is 0 Å². The van der Waals surface area contributed by atoms with Gasteiger partial charge in [-0.3, -0.25) is 4.90 Å². The van der Waals surface area contributed by atoms with Gasteiger partial charge >= 0.3 is 5.97 Å². The minimum atomic E-state index is -0.362. The number of likely N-dealkylation sites (N-methyl/N-ethyl adjacent to an activating group) is 1. The lowest BCUT2D eigenvalue weighted by Gasteiger charge is -2.11. The lowest BCUT2D eigenvalue weighted by molar-refractivity contribution is 0.0599. The van der Waals surface area contributed by atoms with E-state index < -0.39 is 0 Å². The van der Waals surface area contributed by atoms with E-state index in [-0.39, 0.29) is 5.97 Å². The molecule has 0 unspecified atom stereocenters. The van der Waals surface area contributed by atoms with Crippen molar-refractivity contribution < 1.29 is 13.9 Å². The van der Waals surface area contributed by atoms with Crippen LogP contribution in [-0.4, -0.2) is 31.6 Å². The van der Waals surface area contributed by atoms with Gasteiger partial charge in [-0.1, -0.05) is 42.5 Å². The van der Waals surface area contributed by atoms with E-state index >= 15 is 0 Å². The van der Waals surface area contributed by atoms with Gasteiger partial charge in [-0.25, -0.2) is 4.79 Å². The first-order valence-corrected chi connectivity index (χ1v) is 7.18. The summed E-state index contributed by atoms with van der Waals surface area (Å²) in [7, 11) is 3.37. The van der Waals surface area contributed by atoms with Crippen LogP contribution in [0.25, 0.3) is 6.08 Å². The zero-order valence-electron chi connectivity index (χ0n) is 13.2. The number of esters is 1. The third-order valence-electron chi connectivity index (χ3n) is 3.33. The molecule has 0 atom stereocenters. The van der Waals surface area contributed by atoms with Crippen LogP contribution >= 0.6 is 0 Å². The van der Waals surface area contributed by atoms with E-state index in [1.54, 1.807) is 13.0 Å². The normalized spacial score (nSPS) is 11.3. The number of furan rings is 1. The van der Waals surface area contributed by atoms with Crippen molar-refractivity contribution in [2.75, 3.05) is 20.7 Å². The Labute approximate surface area is 131 Å². The molecule has 0 bridgehead atoms. The average Bonchev–Trinajstić information content (AvgIpc) is 2.88. The molecule has 4 heteroatoms. The van der Waals surface area contributed by atoms with Gasteiger partial charge in [0.15, 0.2) is 0 Å². The Kier molecular flexibility index (Phi) is 5.55. The maximum absolute atomic E-state index is 11.6. The van der Waals surface area contributed by atoms with Crippen LogP contribution in [0.2, 0.25) is 0 Å². The summed E-state index contributed by atoms with van der Waals surface area (Å²) in [5, 5.41) is 0. The van der Waals surface area contributed by atoms with E-state index in [9.17, 15) is 4.79 Å². The molecule has 4 nitrogen and oxygen atoms in total. The highest BCUT2D eigenvalue weighted by molar-refractivity contribution is 5.90. The first-order chi connectivity index (χ1) is 10.6. The van der Waals surface area contributed by atoms with Crippen molar-refractivity contribution in [1.82, 2.24) is 4.90 Å². The topological polar surface area (TPSA) is 42.7 Å². The number of hydrogen-bond acceptors (Lipinski definition) is 4. The molecule has 1 aromatic heterocycles. The third kappa shape index (κ3) is 4.33. The number of carbonyl (C=O) groups excluding carboxylic acids is 1. The number of methoxy groups -OCH3 is 1. The molecule has 0 spiro atoms. The first kappa shape index (κ1) is 16.0. The van der Waals surface area contributed by atoms with E-state index in [2.05, 4.69) is 29.2 Å². The molecule has 2 rings (SSSR count). The van der Waals surface area contributed by atoms with Gasteiger partial charge in [0, 0.05) is 6.54 Å². The van der Waals surface area contributed by atoms with E-state index in [4.69, 9.17) is 9.15 Å². The van der Waals surface area contributed by atoms with Crippen LogP contribution in [0.3, 0.4) is 0 Å². The molecule has 0 fully saturated rings. The van der Waals surface area contributed by atoms with Gasteiger partial charge in [-0.2, -0.15) is 0 Å². The number of rotatable bonds is 6. The Bertz CT molecular complexity index is 644. The molecule has 0 saturated heterocycles. The predicted octanol–water partition coefficient (Wildman–Crippen LogP) is 3.52. The van der Waals surface area contributed by atoms with E-state index in [0.717, 1.165) is 12.3 Å². The molecule has 0 amide bonds. The Balaban J connectivity index is 1.91. The minimum Gasteiger partial charge on any atom is -0.465 e. The molecule has 0 N–H and O–H groups in total. The SMILES string of the molecule is COC(=O)c1cc(CN(C)C/C=C/c2ccccc2)oc1C. The monoisotopic (exact) mass is 299 g/mol. The lowest BCUT2D eigenvalue weighted by Crippen LogP contribution is -2.17. The van der Waals surface area contributed by atoms with Crippen molar-refractivity contribution in [2.45, 2.75) is 13.5 Å². The standard InChI is InChI=1S/C18H21NO3/c1-14-17(18(20)21-3)12-16(22-14)13-19(2)11-7-10-15-8-5-4-6-9-15/h4-10,12H,11,13H2,1-3H3/b10-7+. The molecule has 0 aliphatic rings. The fourth-order valence-electron chi connectivity index (χ4n) is 2.20. The summed E-state index contributed by atoms with van der Waals surface area (Å²) >= 11 is 0. The maximum atomic E-state index is 11.6. The highest BCUT2D eigenvalue weighted by Crippen LogP contribution is 2.17. The van der Waals surface area contributed by atoms with Gasteiger partial charge in [0.25, 0.3) is 0 Å². The number of aryl methyl sites for hydroxylation is 1. The quantitative estimate of drug-likeness (QED) is 0.765. The fourth-order valence-corrected chi connectivity index (χ4v) is 2.20. The summed E-state index contributed by atoms with van der Waals surface area (Å²) in [5.74, 6) is 0.989. The molecular weight excluding hydrogens is 278 g/mol. The van der Waals surface area contributed by atoms with Crippen LogP contribution < -0.4 is 0 Å². The van der Waals surface area contributed by atoms with Crippen molar-refractivity contribution in [1.29, 1.82) is 0 Å². The second-order valence-electron chi connectivity index (χ2n) is 5.18. The number of benzene rings is 1. The average molecular weight is 299 g/mol. The Morgan fingerprint density at radius 2 is 2.05 bits per heavy atom.